The van der Waals surface area contributed by atoms with Gasteiger partial charge in [0.2, 0.25) is 5.91 Å². The normalized spacial score (nSPS) is 15.7. The number of aromatic nitrogens is 1. The molecule has 160 valence electrons. The predicted molar refractivity (Wildman–Crippen MR) is 129 cm³/mol. The Hall–Kier alpha value is -0.900. The quantitative estimate of drug-likeness (QED) is 0.341. The fourth-order valence-corrected chi connectivity index (χ4v) is 3.90. The van der Waals surface area contributed by atoms with Gasteiger partial charge in [0.1, 0.15) is 6.54 Å². The molecule has 0 saturated heterocycles. The Balaban J connectivity index is 0.00000392. The number of carbonyl (C=O) groups excluding carboxylic acids is 1. The lowest BCUT2D eigenvalue weighted by Crippen LogP contribution is -2.45. The molecule has 1 amide bonds. The standard InChI is InChI=1S/C20H35N5OS.HI/c1-20(2,3)18-23-16(14-27-18)11-12-21-19(22-13-17(26)25(4)5)24-15-9-7-6-8-10-15;/h14-15H,6-13H2,1-5H3,(H2,21,22,24);1H. The van der Waals surface area contributed by atoms with Crippen LogP contribution in [0.1, 0.15) is 63.6 Å². The molecule has 1 aromatic rings. The number of halogens is 1. The summed E-state index contributed by atoms with van der Waals surface area (Å²) >= 11 is 1.73. The molecule has 1 aromatic heterocycles. The topological polar surface area (TPSA) is 69.6 Å². The van der Waals surface area contributed by atoms with Crippen molar-refractivity contribution in [2.45, 2.75) is 70.8 Å². The van der Waals surface area contributed by atoms with Gasteiger partial charge in [0, 0.05) is 43.9 Å². The molecule has 28 heavy (non-hydrogen) atoms. The molecule has 8 heteroatoms. The van der Waals surface area contributed by atoms with Gasteiger partial charge >= 0.3 is 0 Å². The summed E-state index contributed by atoms with van der Waals surface area (Å²) in [5.74, 6) is 0.748. The van der Waals surface area contributed by atoms with Gasteiger partial charge in [-0.25, -0.2) is 9.98 Å². The second kappa shape index (κ2) is 11.9. The summed E-state index contributed by atoms with van der Waals surface area (Å²) in [6, 6.07) is 0.450. The van der Waals surface area contributed by atoms with Crippen LogP contribution in [0.5, 0.6) is 0 Å². The van der Waals surface area contributed by atoms with Crippen molar-refractivity contribution >= 4 is 47.2 Å². The van der Waals surface area contributed by atoms with Crippen molar-refractivity contribution in [3.05, 3.63) is 16.1 Å². The maximum Gasteiger partial charge on any atom is 0.243 e. The van der Waals surface area contributed by atoms with Crippen LogP contribution in [-0.2, 0) is 16.6 Å². The molecule has 2 rings (SSSR count). The third-order valence-corrected chi connectivity index (χ3v) is 6.00. The van der Waals surface area contributed by atoms with Crippen LogP contribution in [0.3, 0.4) is 0 Å². The summed E-state index contributed by atoms with van der Waals surface area (Å²) < 4.78 is 0. The average Bonchev–Trinajstić information content (AvgIpc) is 3.09. The highest BCUT2D eigenvalue weighted by Gasteiger charge is 2.18. The van der Waals surface area contributed by atoms with Crippen LogP contribution in [-0.4, -0.2) is 55.0 Å². The Labute approximate surface area is 191 Å². The first-order valence-corrected chi connectivity index (χ1v) is 10.8. The zero-order valence-electron chi connectivity index (χ0n) is 17.9. The van der Waals surface area contributed by atoms with Crippen LogP contribution in [0.2, 0.25) is 0 Å². The van der Waals surface area contributed by atoms with Crippen LogP contribution >= 0.6 is 35.3 Å². The second-order valence-corrected chi connectivity index (χ2v) is 9.36. The molecule has 1 aliphatic rings. The third-order valence-electron chi connectivity index (χ3n) is 4.68. The SMILES string of the molecule is CN(C)C(=O)CN=C(NCCc1csc(C(C)(C)C)n1)NC1CCCCC1.I. The number of aliphatic imine (C=N–C) groups is 1. The summed E-state index contributed by atoms with van der Waals surface area (Å²) in [6.07, 6.45) is 7.02. The molecule has 1 saturated carbocycles. The van der Waals surface area contributed by atoms with Gasteiger partial charge in [-0.2, -0.15) is 0 Å². The van der Waals surface area contributed by atoms with Gasteiger partial charge in [0.05, 0.1) is 10.7 Å². The first kappa shape index (κ1) is 25.1. The van der Waals surface area contributed by atoms with Crippen LogP contribution in [0.25, 0.3) is 0 Å². The number of amides is 1. The number of likely N-dealkylation sites (N-methyl/N-ethyl adjacent to an activating group) is 1. The van der Waals surface area contributed by atoms with Crippen molar-refractivity contribution in [3.8, 4) is 0 Å². The van der Waals surface area contributed by atoms with Crippen molar-refractivity contribution in [1.29, 1.82) is 0 Å². The highest BCUT2D eigenvalue weighted by Crippen LogP contribution is 2.25. The lowest BCUT2D eigenvalue weighted by molar-refractivity contribution is -0.127. The van der Waals surface area contributed by atoms with E-state index in [1.807, 2.05) is 0 Å². The Morgan fingerprint density at radius 2 is 1.96 bits per heavy atom. The van der Waals surface area contributed by atoms with Crippen molar-refractivity contribution < 1.29 is 4.79 Å². The van der Waals surface area contributed by atoms with E-state index < -0.39 is 0 Å². The summed E-state index contributed by atoms with van der Waals surface area (Å²) in [5, 5.41) is 10.2. The second-order valence-electron chi connectivity index (χ2n) is 8.50. The maximum atomic E-state index is 11.9. The van der Waals surface area contributed by atoms with E-state index >= 15 is 0 Å². The van der Waals surface area contributed by atoms with Gasteiger partial charge in [-0.3, -0.25) is 4.79 Å². The predicted octanol–water partition coefficient (Wildman–Crippen LogP) is 3.56. The highest BCUT2D eigenvalue weighted by molar-refractivity contribution is 14.0. The van der Waals surface area contributed by atoms with E-state index in [0.29, 0.717) is 6.04 Å². The number of hydrogen-bond acceptors (Lipinski definition) is 4. The van der Waals surface area contributed by atoms with Crippen molar-refractivity contribution in [1.82, 2.24) is 20.5 Å². The zero-order chi connectivity index (χ0) is 19.9. The molecule has 1 heterocycles. The van der Waals surface area contributed by atoms with Crippen LogP contribution < -0.4 is 10.6 Å². The molecule has 0 spiro atoms. The van der Waals surface area contributed by atoms with Crippen molar-refractivity contribution in [3.63, 3.8) is 0 Å². The Bertz CT molecular complexity index is 633. The van der Waals surface area contributed by atoms with E-state index in [1.165, 1.54) is 37.1 Å². The number of guanidine groups is 1. The molecule has 0 aromatic carbocycles. The van der Waals surface area contributed by atoms with E-state index in [9.17, 15) is 4.79 Å². The summed E-state index contributed by atoms with van der Waals surface area (Å²) in [5.41, 5.74) is 1.21. The number of rotatable bonds is 6. The van der Waals surface area contributed by atoms with Gasteiger partial charge in [0.15, 0.2) is 5.96 Å². The fraction of sp³-hybridized carbons (Fsp3) is 0.750. The van der Waals surface area contributed by atoms with Gasteiger partial charge in [-0.1, -0.05) is 40.0 Å². The number of hydrogen-bond donors (Lipinski definition) is 2. The lowest BCUT2D eigenvalue weighted by Gasteiger charge is -2.25. The number of nitrogens with zero attached hydrogens (tertiary/aromatic N) is 3. The third kappa shape index (κ3) is 8.63. The largest absolute Gasteiger partial charge is 0.356 e. The summed E-state index contributed by atoms with van der Waals surface area (Å²) in [6.45, 7) is 7.49. The number of nitrogens with one attached hydrogen (secondary N) is 2. The van der Waals surface area contributed by atoms with Crippen LogP contribution in [0, 0.1) is 0 Å². The maximum absolute atomic E-state index is 11.9. The minimum Gasteiger partial charge on any atom is -0.356 e. The molecule has 0 atom stereocenters. The zero-order valence-corrected chi connectivity index (χ0v) is 21.0. The van der Waals surface area contributed by atoms with Gasteiger partial charge in [-0.15, -0.1) is 35.3 Å². The smallest absolute Gasteiger partial charge is 0.243 e. The Morgan fingerprint density at radius 3 is 2.54 bits per heavy atom. The Morgan fingerprint density at radius 1 is 1.29 bits per heavy atom. The molecule has 1 aliphatic carbocycles. The van der Waals surface area contributed by atoms with Crippen molar-refractivity contribution in [2.75, 3.05) is 27.2 Å². The van der Waals surface area contributed by atoms with Crippen molar-refractivity contribution in [2.24, 2.45) is 4.99 Å². The van der Waals surface area contributed by atoms with E-state index in [2.05, 4.69) is 41.8 Å². The molecule has 1 fully saturated rings. The van der Waals surface area contributed by atoms with E-state index in [-0.39, 0.29) is 41.8 Å². The molecule has 2 N–H and O–H groups in total. The summed E-state index contributed by atoms with van der Waals surface area (Å²) in [7, 11) is 3.52. The monoisotopic (exact) mass is 521 g/mol. The summed E-state index contributed by atoms with van der Waals surface area (Å²) in [4.78, 5) is 22.7. The fourth-order valence-electron chi connectivity index (χ4n) is 2.96. The van der Waals surface area contributed by atoms with E-state index in [1.54, 1.807) is 30.3 Å². The first-order chi connectivity index (χ1) is 12.8. The molecular weight excluding hydrogens is 485 g/mol. The molecule has 0 aliphatic heterocycles. The first-order valence-electron chi connectivity index (χ1n) is 9.95. The minimum absolute atomic E-state index is 0. The van der Waals surface area contributed by atoms with Gasteiger partial charge in [0.25, 0.3) is 0 Å². The molecule has 0 unspecified atom stereocenters. The average molecular weight is 522 g/mol. The Kier molecular flexibility index (Phi) is 10.7. The number of carbonyl (C=O) groups is 1. The minimum atomic E-state index is 0. The molecule has 0 bridgehead atoms. The molecular formula is C20H36IN5OS. The van der Waals surface area contributed by atoms with Gasteiger partial charge in [-0.05, 0) is 12.8 Å². The highest BCUT2D eigenvalue weighted by atomic mass is 127. The lowest BCUT2D eigenvalue weighted by atomic mass is 9.96. The van der Waals surface area contributed by atoms with Crippen LogP contribution in [0.15, 0.2) is 10.4 Å². The van der Waals surface area contributed by atoms with Crippen LogP contribution in [0.4, 0.5) is 0 Å². The van der Waals surface area contributed by atoms with Gasteiger partial charge < -0.3 is 15.5 Å². The van der Waals surface area contributed by atoms with E-state index in [4.69, 9.17) is 4.98 Å². The number of thiazole rings is 1. The van der Waals surface area contributed by atoms with E-state index in [0.717, 1.165) is 24.6 Å². The molecule has 0 radical (unpaired) electrons. The molecule has 6 nitrogen and oxygen atoms in total.